The van der Waals surface area contributed by atoms with Crippen molar-refractivity contribution < 1.29 is 4.74 Å². The monoisotopic (exact) mass is 249 g/mol. The SMILES string of the molecule is C=C(C)COc1ccc(C=NNC(N)=S)cc1. The number of hydrogen-bond donors (Lipinski definition) is 2. The summed E-state index contributed by atoms with van der Waals surface area (Å²) < 4.78 is 5.46. The number of rotatable bonds is 5. The molecule has 1 aromatic carbocycles. The number of nitrogens with two attached hydrogens (primary N) is 1. The van der Waals surface area contributed by atoms with Crippen LogP contribution in [0.5, 0.6) is 5.75 Å². The van der Waals surface area contributed by atoms with Crippen molar-refractivity contribution in [3.05, 3.63) is 42.0 Å². The highest BCUT2D eigenvalue weighted by atomic mass is 32.1. The largest absolute Gasteiger partial charge is 0.489 e. The zero-order chi connectivity index (χ0) is 12.7. The predicted molar refractivity (Wildman–Crippen MR) is 74.3 cm³/mol. The summed E-state index contributed by atoms with van der Waals surface area (Å²) in [5.74, 6) is 0.799. The van der Waals surface area contributed by atoms with E-state index < -0.39 is 0 Å². The highest BCUT2D eigenvalue weighted by Crippen LogP contribution is 2.11. The van der Waals surface area contributed by atoms with E-state index in [4.69, 9.17) is 10.5 Å². The molecule has 0 aromatic heterocycles. The van der Waals surface area contributed by atoms with Crippen molar-refractivity contribution in [2.45, 2.75) is 6.92 Å². The summed E-state index contributed by atoms with van der Waals surface area (Å²) in [4.78, 5) is 0. The molecule has 1 rings (SSSR count). The first-order chi connectivity index (χ1) is 8.08. The maximum atomic E-state index is 5.46. The molecular weight excluding hydrogens is 234 g/mol. The van der Waals surface area contributed by atoms with Gasteiger partial charge in [-0.3, -0.25) is 5.43 Å². The van der Waals surface area contributed by atoms with Gasteiger partial charge in [-0.05, 0) is 54.5 Å². The molecule has 17 heavy (non-hydrogen) atoms. The molecule has 0 saturated carbocycles. The van der Waals surface area contributed by atoms with Gasteiger partial charge < -0.3 is 10.5 Å². The Bertz CT molecular complexity index is 426. The zero-order valence-corrected chi connectivity index (χ0v) is 10.5. The van der Waals surface area contributed by atoms with Gasteiger partial charge >= 0.3 is 0 Å². The fourth-order valence-corrected chi connectivity index (χ4v) is 1.08. The quantitative estimate of drug-likeness (QED) is 0.361. The first-order valence-electron chi connectivity index (χ1n) is 5.03. The number of nitrogens with zero attached hydrogens (tertiary/aromatic N) is 1. The molecule has 0 unspecified atom stereocenters. The number of hydrogen-bond acceptors (Lipinski definition) is 3. The number of hydrazone groups is 1. The van der Waals surface area contributed by atoms with Gasteiger partial charge in [-0.1, -0.05) is 6.58 Å². The fraction of sp³-hybridized carbons (Fsp3) is 0.167. The zero-order valence-electron chi connectivity index (χ0n) is 9.64. The van der Waals surface area contributed by atoms with E-state index in [9.17, 15) is 0 Å². The van der Waals surface area contributed by atoms with Gasteiger partial charge in [-0.15, -0.1) is 0 Å². The standard InChI is InChI=1S/C12H15N3OS/c1-9(2)8-16-11-5-3-10(4-6-11)7-14-15-12(13)17/h3-7H,1,8H2,2H3,(H3,13,15,17). The second-order valence-electron chi connectivity index (χ2n) is 3.55. The Labute approximate surface area is 106 Å². The minimum Gasteiger partial charge on any atom is -0.489 e. The van der Waals surface area contributed by atoms with Crippen molar-refractivity contribution in [2.24, 2.45) is 10.8 Å². The molecule has 3 N–H and O–H groups in total. The average Bonchev–Trinajstić information content (AvgIpc) is 2.27. The van der Waals surface area contributed by atoms with Crippen molar-refractivity contribution in [3.8, 4) is 5.75 Å². The fourth-order valence-electron chi connectivity index (χ4n) is 1.03. The van der Waals surface area contributed by atoms with Crippen LogP contribution in [0.25, 0.3) is 0 Å². The van der Waals surface area contributed by atoms with Crippen LogP contribution in [0.3, 0.4) is 0 Å². The van der Waals surface area contributed by atoms with E-state index in [2.05, 4.69) is 29.3 Å². The second kappa shape index (κ2) is 6.65. The Balaban J connectivity index is 2.52. The lowest BCUT2D eigenvalue weighted by molar-refractivity contribution is 0.352. The van der Waals surface area contributed by atoms with Crippen LogP contribution in [0.15, 0.2) is 41.5 Å². The number of nitrogens with one attached hydrogen (secondary N) is 1. The summed E-state index contributed by atoms with van der Waals surface area (Å²) in [6.45, 7) is 6.21. The van der Waals surface area contributed by atoms with Crippen molar-refractivity contribution in [3.63, 3.8) is 0 Å². The molecule has 0 atom stereocenters. The molecule has 0 heterocycles. The molecule has 0 aliphatic rings. The molecule has 0 bridgehead atoms. The summed E-state index contributed by atoms with van der Waals surface area (Å²) >= 11 is 4.62. The van der Waals surface area contributed by atoms with E-state index in [0.29, 0.717) is 6.61 Å². The van der Waals surface area contributed by atoms with Crippen LogP contribution < -0.4 is 15.9 Å². The molecule has 1 aromatic rings. The van der Waals surface area contributed by atoms with E-state index in [0.717, 1.165) is 16.9 Å². The smallest absolute Gasteiger partial charge is 0.184 e. The Kier molecular flexibility index (Phi) is 5.16. The molecule has 0 spiro atoms. The van der Waals surface area contributed by atoms with Crippen LogP contribution >= 0.6 is 12.2 Å². The van der Waals surface area contributed by atoms with Crippen LogP contribution in [0.4, 0.5) is 0 Å². The van der Waals surface area contributed by atoms with Crippen LogP contribution in [0.1, 0.15) is 12.5 Å². The molecule has 0 amide bonds. The lowest BCUT2D eigenvalue weighted by atomic mass is 10.2. The predicted octanol–water partition coefficient (Wildman–Crippen LogP) is 1.81. The molecule has 90 valence electrons. The third-order valence-corrected chi connectivity index (χ3v) is 1.84. The molecule has 4 nitrogen and oxygen atoms in total. The van der Waals surface area contributed by atoms with E-state index in [1.54, 1.807) is 6.21 Å². The van der Waals surface area contributed by atoms with Gasteiger partial charge in [0.1, 0.15) is 12.4 Å². The summed E-state index contributed by atoms with van der Waals surface area (Å²) in [6, 6.07) is 7.51. The van der Waals surface area contributed by atoms with Gasteiger partial charge in [0, 0.05) is 0 Å². The van der Waals surface area contributed by atoms with Crippen molar-refractivity contribution >= 4 is 23.5 Å². The molecule has 0 fully saturated rings. The summed E-state index contributed by atoms with van der Waals surface area (Å²) in [6.07, 6.45) is 1.63. The molecule has 0 aliphatic heterocycles. The van der Waals surface area contributed by atoms with Crippen LogP contribution in [0, 0.1) is 0 Å². The average molecular weight is 249 g/mol. The number of benzene rings is 1. The Morgan fingerprint density at radius 3 is 2.71 bits per heavy atom. The third-order valence-electron chi connectivity index (χ3n) is 1.75. The van der Waals surface area contributed by atoms with Crippen molar-refractivity contribution in [1.82, 2.24) is 5.43 Å². The Morgan fingerprint density at radius 1 is 1.53 bits per heavy atom. The minimum absolute atomic E-state index is 0.141. The van der Waals surface area contributed by atoms with Crippen LogP contribution in [0.2, 0.25) is 0 Å². The van der Waals surface area contributed by atoms with Crippen LogP contribution in [-0.4, -0.2) is 17.9 Å². The Hall–Kier alpha value is -1.88. The highest BCUT2D eigenvalue weighted by molar-refractivity contribution is 7.80. The molecule has 0 saturated heterocycles. The topological polar surface area (TPSA) is 59.6 Å². The second-order valence-corrected chi connectivity index (χ2v) is 3.99. The lowest BCUT2D eigenvalue weighted by Gasteiger charge is -2.05. The van der Waals surface area contributed by atoms with Gasteiger partial charge in [0.15, 0.2) is 5.11 Å². The van der Waals surface area contributed by atoms with Crippen LogP contribution in [-0.2, 0) is 0 Å². The van der Waals surface area contributed by atoms with Gasteiger partial charge in [0.05, 0.1) is 6.21 Å². The molecule has 0 aliphatic carbocycles. The maximum Gasteiger partial charge on any atom is 0.184 e. The van der Waals surface area contributed by atoms with E-state index in [-0.39, 0.29) is 5.11 Å². The van der Waals surface area contributed by atoms with Gasteiger partial charge in [-0.2, -0.15) is 5.10 Å². The van der Waals surface area contributed by atoms with E-state index >= 15 is 0 Å². The lowest BCUT2D eigenvalue weighted by Crippen LogP contribution is -2.23. The van der Waals surface area contributed by atoms with E-state index in [1.807, 2.05) is 31.2 Å². The summed E-state index contributed by atoms with van der Waals surface area (Å²) in [5.41, 5.74) is 9.62. The maximum absolute atomic E-state index is 5.46. The normalized spacial score (nSPS) is 10.2. The van der Waals surface area contributed by atoms with Gasteiger partial charge in [0.2, 0.25) is 0 Å². The summed E-state index contributed by atoms with van der Waals surface area (Å²) in [5, 5.41) is 3.99. The first kappa shape index (κ1) is 13.2. The Morgan fingerprint density at radius 2 is 2.18 bits per heavy atom. The highest BCUT2D eigenvalue weighted by Gasteiger charge is 1.94. The van der Waals surface area contributed by atoms with Crippen molar-refractivity contribution in [1.29, 1.82) is 0 Å². The molecule has 0 radical (unpaired) electrons. The number of ether oxygens (including phenoxy) is 1. The molecular formula is C12H15N3OS. The minimum atomic E-state index is 0.141. The number of thiocarbonyl (C=S) groups is 1. The third kappa shape index (κ3) is 5.67. The van der Waals surface area contributed by atoms with Crippen molar-refractivity contribution in [2.75, 3.05) is 6.61 Å². The van der Waals surface area contributed by atoms with E-state index in [1.165, 1.54) is 0 Å². The van der Waals surface area contributed by atoms with Gasteiger partial charge in [-0.25, -0.2) is 0 Å². The van der Waals surface area contributed by atoms with Gasteiger partial charge in [0.25, 0.3) is 0 Å². The molecule has 5 heteroatoms. The summed E-state index contributed by atoms with van der Waals surface area (Å²) in [7, 11) is 0. The first-order valence-corrected chi connectivity index (χ1v) is 5.44.